The molecule has 3 N–H and O–H groups in total. The minimum atomic E-state index is -0.0990. The van der Waals surface area contributed by atoms with Gasteiger partial charge in [-0.2, -0.15) is 0 Å². The summed E-state index contributed by atoms with van der Waals surface area (Å²) >= 11 is 1.48. The third-order valence-electron chi connectivity index (χ3n) is 2.20. The topological polar surface area (TPSA) is 63.3 Å². The van der Waals surface area contributed by atoms with Gasteiger partial charge in [0.25, 0.3) is 0 Å². The number of thiophene rings is 1. The first-order valence-electron chi connectivity index (χ1n) is 4.12. The molecule has 0 unspecified atom stereocenters. The molecule has 0 aliphatic carbocycles. The van der Waals surface area contributed by atoms with Gasteiger partial charge < -0.3 is 10.8 Å². The highest BCUT2D eigenvalue weighted by Gasteiger charge is 2.09. The number of fused-ring (bicyclic) bond motifs is 1. The van der Waals surface area contributed by atoms with Crippen molar-refractivity contribution in [3.8, 4) is 0 Å². The highest BCUT2D eigenvalue weighted by atomic mass is 32.1. The Hall–Kier alpha value is -1.39. The summed E-state index contributed by atoms with van der Waals surface area (Å²) < 4.78 is 0.887. The van der Waals surface area contributed by atoms with Crippen molar-refractivity contribution in [3.05, 3.63) is 28.6 Å². The van der Waals surface area contributed by atoms with Gasteiger partial charge in [0.05, 0.1) is 6.61 Å². The van der Waals surface area contributed by atoms with Crippen molar-refractivity contribution in [1.29, 1.82) is 0 Å². The van der Waals surface area contributed by atoms with Crippen molar-refractivity contribution in [2.45, 2.75) is 6.61 Å². The van der Waals surface area contributed by atoms with Crippen LogP contribution in [0.3, 0.4) is 0 Å². The Morgan fingerprint density at radius 3 is 3.00 bits per heavy atom. The molecule has 1 heterocycles. The van der Waals surface area contributed by atoms with E-state index in [0.29, 0.717) is 16.8 Å². The lowest BCUT2D eigenvalue weighted by molar-refractivity contribution is 0.112. The summed E-state index contributed by atoms with van der Waals surface area (Å²) in [5.41, 5.74) is 7.48. The summed E-state index contributed by atoms with van der Waals surface area (Å²) in [5.74, 6) is 0. The smallest absolute Gasteiger partial charge is 0.151 e. The first-order chi connectivity index (χ1) is 6.77. The van der Waals surface area contributed by atoms with Crippen LogP contribution in [-0.4, -0.2) is 11.4 Å². The Labute approximate surface area is 84.8 Å². The molecule has 0 atom stereocenters. The van der Waals surface area contributed by atoms with Crippen LogP contribution < -0.4 is 5.73 Å². The predicted octanol–water partition coefficient (Wildman–Crippen LogP) is 1.79. The summed E-state index contributed by atoms with van der Waals surface area (Å²) in [7, 11) is 0. The first-order valence-corrected chi connectivity index (χ1v) is 5.00. The van der Waals surface area contributed by atoms with Gasteiger partial charge in [-0.05, 0) is 17.5 Å². The molecule has 0 saturated carbocycles. The lowest BCUT2D eigenvalue weighted by Gasteiger charge is -2.05. The third-order valence-corrected chi connectivity index (χ3v) is 3.16. The number of aliphatic hydroxyl groups is 1. The SMILES string of the molecule is Nc1cc(C=O)c2sccc2c1CO. The minimum Gasteiger partial charge on any atom is -0.398 e. The van der Waals surface area contributed by atoms with Crippen molar-refractivity contribution >= 4 is 33.4 Å². The summed E-state index contributed by atoms with van der Waals surface area (Å²) in [6.45, 7) is -0.0990. The Morgan fingerprint density at radius 2 is 2.36 bits per heavy atom. The average molecular weight is 207 g/mol. The molecule has 2 aromatic rings. The fourth-order valence-corrected chi connectivity index (χ4v) is 2.41. The summed E-state index contributed by atoms with van der Waals surface area (Å²) in [6, 6.07) is 3.48. The molecule has 2 rings (SSSR count). The largest absolute Gasteiger partial charge is 0.398 e. The van der Waals surface area contributed by atoms with Crippen LogP contribution in [0.1, 0.15) is 15.9 Å². The average Bonchev–Trinajstić information content (AvgIpc) is 2.65. The third kappa shape index (κ3) is 1.20. The zero-order chi connectivity index (χ0) is 10.1. The van der Waals surface area contributed by atoms with E-state index < -0.39 is 0 Å². The van der Waals surface area contributed by atoms with Crippen LogP contribution in [0.5, 0.6) is 0 Å². The lowest BCUT2D eigenvalue weighted by atomic mass is 10.1. The Balaban J connectivity index is 2.88. The molecule has 14 heavy (non-hydrogen) atoms. The molecule has 0 bridgehead atoms. The van der Waals surface area contributed by atoms with Gasteiger partial charge in [0.1, 0.15) is 0 Å². The number of aldehydes is 1. The van der Waals surface area contributed by atoms with E-state index in [0.717, 1.165) is 16.4 Å². The van der Waals surface area contributed by atoms with E-state index in [9.17, 15) is 4.79 Å². The maximum atomic E-state index is 10.8. The number of aliphatic hydroxyl groups excluding tert-OH is 1. The number of nitrogens with two attached hydrogens (primary N) is 1. The zero-order valence-corrected chi connectivity index (χ0v) is 8.17. The molecule has 0 radical (unpaired) electrons. The fraction of sp³-hybridized carbons (Fsp3) is 0.100. The van der Waals surface area contributed by atoms with Crippen LogP contribution in [0.2, 0.25) is 0 Å². The Bertz CT molecular complexity index is 490. The summed E-state index contributed by atoms with van der Waals surface area (Å²) in [6.07, 6.45) is 0.788. The van der Waals surface area contributed by atoms with Gasteiger partial charge in [-0.25, -0.2) is 0 Å². The maximum absolute atomic E-state index is 10.8. The molecule has 0 fully saturated rings. The lowest BCUT2D eigenvalue weighted by Crippen LogP contribution is -1.96. The van der Waals surface area contributed by atoms with E-state index in [-0.39, 0.29) is 6.61 Å². The molecule has 0 spiro atoms. The summed E-state index contributed by atoms with van der Waals surface area (Å²) in [5, 5.41) is 11.9. The second kappa shape index (κ2) is 3.40. The number of carbonyl (C=O) groups excluding carboxylic acids is 1. The monoisotopic (exact) mass is 207 g/mol. The van der Waals surface area contributed by atoms with E-state index in [4.69, 9.17) is 10.8 Å². The molecule has 0 saturated heterocycles. The standard InChI is InChI=1S/C10H9NO2S/c11-9-3-6(4-12)10-7(1-2-14-10)8(9)5-13/h1-4,13H,5,11H2. The number of rotatable bonds is 2. The highest BCUT2D eigenvalue weighted by Crippen LogP contribution is 2.31. The summed E-state index contributed by atoms with van der Waals surface area (Å²) in [4.78, 5) is 10.8. The van der Waals surface area contributed by atoms with Gasteiger partial charge in [-0.1, -0.05) is 0 Å². The number of carbonyl (C=O) groups is 1. The molecular weight excluding hydrogens is 198 g/mol. The van der Waals surface area contributed by atoms with Crippen LogP contribution in [-0.2, 0) is 6.61 Å². The van der Waals surface area contributed by atoms with Crippen LogP contribution in [0.15, 0.2) is 17.5 Å². The fourth-order valence-electron chi connectivity index (χ4n) is 1.51. The van der Waals surface area contributed by atoms with E-state index in [2.05, 4.69) is 0 Å². The van der Waals surface area contributed by atoms with Gasteiger partial charge >= 0.3 is 0 Å². The van der Waals surface area contributed by atoms with E-state index in [1.807, 2.05) is 11.4 Å². The predicted molar refractivity (Wildman–Crippen MR) is 57.5 cm³/mol. The quantitative estimate of drug-likeness (QED) is 0.583. The van der Waals surface area contributed by atoms with E-state index in [1.165, 1.54) is 11.3 Å². The van der Waals surface area contributed by atoms with Crippen LogP contribution in [0.4, 0.5) is 5.69 Å². The second-order valence-electron chi connectivity index (χ2n) is 2.97. The Kier molecular flexibility index (Phi) is 2.23. The van der Waals surface area contributed by atoms with E-state index >= 15 is 0 Å². The van der Waals surface area contributed by atoms with Crippen molar-refractivity contribution in [1.82, 2.24) is 0 Å². The van der Waals surface area contributed by atoms with Crippen LogP contribution >= 0.6 is 11.3 Å². The van der Waals surface area contributed by atoms with Crippen molar-refractivity contribution in [3.63, 3.8) is 0 Å². The number of nitrogen functional groups attached to an aromatic ring is 1. The molecule has 0 aliphatic heterocycles. The van der Waals surface area contributed by atoms with Crippen LogP contribution in [0, 0.1) is 0 Å². The Morgan fingerprint density at radius 1 is 1.57 bits per heavy atom. The molecule has 0 amide bonds. The van der Waals surface area contributed by atoms with Crippen molar-refractivity contribution in [2.75, 3.05) is 5.73 Å². The normalized spacial score (nSPS) is 10.6. The van der Waals surface area contributed by atoms with Crippen LogP contribution in [0.25, 0.3) is 10.1 Å². The number of benzene rings is 1. The maximum Gasteiger partial charge on any atom is 0.151 e. The van der Waals surface area contributed by atoms with Crippen molar-refractivity contribution in [2.24, 2.45) is 0 Å². The number of hydrogen-bond donors (Lipinski definition) is 2. The van der Waals surface area contributed by atoms with Gasteiger partial charge in [-0.15, -0.1) is 11.3 Å². The van der Waals surface area contributed by atoms with Gasteiger partial charge in [0.2, 0.25) is 0 Å². The molecule has 4 heteroatoms. The first kappa shape index (κ1) is 9.18. The molecule has 0 aliphatic rings. The minimum absolute atomic E-state index is 0.0990. The molecule has 1 aromatic heterocycles. The van der Waals surface area contributed by atoms with Gasteiger partial charge in [0.15, 0.2) is 6.29 Å². The van der Waals surface area contributed by atoms with Gasteiger partial charge in [-0.3, -0.25) is 4.79 Å². The number of hydrogen-bond acceptors (Lipinski definition) is 4. The number of anilines is 1. The van der Waals surface area contributed by atoms with E-state index in [1.54, 1.807) is 6.07 Å². The zero-order valence-electron chi connectivity index (χ0n) is 7.36. The highest BCUT2D eigenvalue weighted by molar-refractivity contribution is 7.17. The van der Waals surface area contributed by atoms with Crippen molar-refractivity contribution < 1.29 is 9.90 Å². The molecule has 3 nitrogen and oxygen atoms in total. The second-order valence-corrected chi connectivity index (χ2v) is 3.89. The molecular formula is C10H9NO2S. The van der Waals surface area contributed by atoms with Gasteiger partial charge in [0, 0.05) is 26.9 Å². The molecule has 1 aromatic carbocycles. The molecule has 72 valence electrons.